The molecule has 25 heavy (non-hydrogen) atoms. The van der Waals surface area contributed by atoms with E-state index in [9.17, 15) is 9.18 Å². The second-order valence-electron chi connectivity index (χ2n) is 6.28. The first-order valence-electron chi connectivity index (χ1n) is 8.15. The van der Waals surface area contributed by atoms with Gasteiger partial charge in [0, 0.05) is 18.8 Å². The number of hydrogen-bond acceptors (Lipinski definition) is 4. The highest BCUT2D eigenvalue weighted by atomic mass is 19.1. The van der Waals surface area contributed by atoms with E-state index in [4.69, 9.17) is 5.11 Å². The number of carboxylic acids is 1. The molecule has 3 rings (SSSR count). The fourth-order valence-electron chi connectivity index (χ4n) is 3.06. The minimum Gasteiger partial charge on any atom is -0.478 e. The molecule has 0 amide bonds. The highest BCUT2D eigenvalue weighted by molar-refractivity contribution is 5.85. The van der Waals surface area contributed by atoms with Crippen molar-refractivity contribution in [3.8, 4) is 0 Å². The summed E-state index contributed by atoms with van der Waals surface area (Å²) in [6, 6.07) is 10.2. The zero-order valence-corrected chi connectivity index (χ0v) is 13.7. The topological polar surface area (TPSA) is 74.2 Å². The van der Waals surface area contributed by atoms with Crippen molar-refractivity contribution in [2.24, 2.45) is 0 Å². The molecule has 6 heteroatoms. The third kappa shape index (κ3) is 4.64. The Balaban J connectivity index is 1.73. The molecule has 5 nitrogen and oxygen atoms in total. The van der Waals surface area contributed by atoms with Gasteiger partial charge in [0.15, 0.2) is 0 Å². The van der Waals surface area contributed by atoms with E-state index >= 15 is 0 Å². The first-order chi connectivity index (χ1) is 12.0. The number of nitrogens with one attached hydrogen (secondary N) is 2. The first-order valence-corrected chi connectivity index (χ1v) is 8.15. The van der Waals surface area contributed by atoms with Crippen LogP contribution in [-0.4, -0.2) is 34.7 Å². The van der Waals surface area contributed by atoms with Crippen molar-refractivity contribution in [3.05, 3.63) is 65.6 Å². The van der Waals surface area contributed by atoms with Gasteiger partial charge in [-0.3, -0.25) is 0 Å². The van der Waals surface area contributed by atoms with Gasteiger partial charge >= 0.3 is 5.97 Å². The Kier molecular flexibility index (Phi) is 5.09. The number of anilines is 1. The van der Waals surface area contributed by atoms with Gasteiger partial charge in [-0.05, 0) is 60.9 Å². The fraction of sp³-hybridized carbons (Fsp3) is 0.263. The molecule has 0 saturated carbocycles. The Morgan fingerprint density at radius 3 is 2.72 bits per heavy atom. The van der Waals surface area contributed by atoms with Crippen molar-refractivity contribution in [2.45, 2.75) is 18.4 Å². The first kappa shape index (κ1) is 17.1. The van der Waals surface area contributed by atoms with E-state index in [1.807, 2.05) is 24.3 Å². The third-order valence-corrected chi connectivity index (χ3v) is 4.30. The zero-order valence-electron chi connectivity index (χ0n) is 13.7. The Morgan fingerprint density at radius 2 is 2.12 bits per heavy atom. The van der Waals surface area contributed by atoms with E-state index < -0.39 is 5.97 Å². The summed E-state index contributed by atoms with van der Waals surface area (Å²) < 4.78 is 13.1. The number of hydrogen-bond donors (Lipinski definition) is 3. The minimum absolute atomic E-state index is 0.177. The van der Waals surface area contributed by atoms with Crippen LogP contribution in [0.1, 0.15) is 17.5 Å². The van der Waals surface area contributed by atoms with Crippen molar-refractivity contribution in [1.29, 1.82) is 0 Å². The summed E-state index contributed by atoms with van der Waals surface area (Å²) in [5.41, 5.74) is 1.62. The number of carboxylic acid groups (broad SMARTS) is 1. The van der Waals surface area contributed by atoms with E-state index in [0.717, 1.165) is 49.0 Å². The molecule has 0 radical (unpaired) electrons. The summed E-state index contributed by atoms with van der Waals surface area (Å²) in [5.74, 6) is -0.488. The molecule has 1 aromatic heterocycles. The van der Waals surface area contributed by atoms with Gasteiger partial charge in [0.2, 0.25) is 0 Å². The van der Waals surface area contributed by atoms with Gasteiger partial charge in [-0.15, -0.1) is 0 Å². The van der Waals surface area contributed by atoms with Crippen molar-refractivity contribution >= 4 is 17.9 Å². The summed E-state index contributed by atoms with van der Waals surface area (Å²) in [4.78, 5) is 14.9. The average molecular weight is 341 g/mol. The van der Waals surface area contributed by atoms with Gasteiger partial charge < -0.3 is 15.7 Å². The molecule has 1 aliphatic heterocycles. The molecule has 1 aliphatic rings. The third-order valence-electron chi connectivity index (χ3n) is 4.30. The molecule has 1 atom stereocenters. The number of benzene rings is 1. The molecule has 2 heterocycles. The van der Waals surface area contributed by atoms with E-state index in [1.54, 1.807) is 6.20 Å². The zero-order chi connectivity index (χ0) is 17.7. The lowest BCUT2D eigenvalue weighted by Gasteiger charge is -2.30. The van der Waals surface area contributed by atoms with E-state index in [0.29, 0.717) is 0 Å². The van der Waals surface area contributed by atoms with Crippen LogP contribution in [0.25, 0.3) is 6.08 Å². The quantitative estimate of drug-likeness (QED) is 0.705. The van der Waals surface area contributed by atoms with Crippen LogP contribution in [0, 0.1) is 5.82 Å². The SMILES string of the molecule is O=C(O)/C=C/c1ccc(N[C@]2(Cc3ccc(F)cc3)CCNC2)nc1. The van der Waals surface area contributed by atoms with Crippen LogP contribution >= 0.6 is 0 Å². The molecule has 0 unspecified atom stereocenters. The molecule has 1 fully saturated rings. The van der Waals surface area contributed by atoms with Crippen LogP contribution in [0.5, 0.6) is 0 Å². The van der Waals surface area contributed by atoms with Crippen molar-refractivity contribution in [3.63, 3.8) is 0 Å². The minimum atomic E-state index is -0.988. The number of aromatic nitrogens is 1. The van der Waals surface area contributed by atoms with Crippen molar-refractivity contribution < 1.29 is 14.3 Å². The van der Waals surface area contributed by atoms with E-state index in [1.165, 1.54) is 18.2 Å². The summed E-state index contributed by atoms with van der Waals surface area (Å²) in [7, 11) is 0. The van der Waals surface area contributed by atoms with Gasteiger partial charge in [0.05, 0.1) is 5.54 Å². The van der Waals surface area contributed by atoms with Crippen LogP contribution in [0.4, 0.5) is 10.2 Å². The van der Waals surface area contributed by atoms with Gasteiger partial charge in [-0.2, -0.15) is 0 Å². The molecular weight excluding hydrogens is 321 g/mol. The highest BCUT2D eigenvalue weighted by Gasteiger charge is 2.34. The average Bonchev–Trinajstić information content (AvgIpc) is 3.04. The summed E-state index contributed by atoms with van der Waals surface area (Å²) in [5, 5.41) is 15.5. The van der Waals surface area contributed by atoms with Crippen LogP contribution < -0.4 is 10.6 Å². The Bertz CT molecular complexity index is 751. The number of aliphatic carboxylic acids is 1. The lowest BCUT2D eigenvalue weighted by molar-refractivity contribution is -0.131. The maximum absolute atomic E-state index is 13.1. The predicted octanol–water partition coefficient (Wildman–Crippen LogP) is 2.71. The molecule has 130 valence electrons. The normalized spacial score (nSPS) is 20.0. The van der Waals surface area contributed by atoms with Crippen molar-refractivity contribution in [2.75, 3.05) is 18.4 Å². The Hall–Kier alpha value is -2.73. The number of rotatable bonds is 6. The predicted molar refractivity (Wildman–Crippen MR) is 94.9 cm³/mol. The fourth-order valence-corrected chi connectivity index (χ4v) is 3.06. The molecule has 0 bridgehead atoms. The molecule has 3 N–H and O–H groups in total. The second-order valence-corrected chi connectivity index (χ2v) is 6.28. The lowest BCUT2D eigenvalue weighted by atomic mass is 9.89. The second kappa shape index (κ2) is 7.44. The molecule has 1 aromatic carbocycles. The van der Waals surface area contributed by atoms with Crippen molar-refractivity contribution in [1.82, 2.24) is 10.3 Å². The van der Waals surface area contributed by atoms with Crippen LogP contribution in [0.3, 0.4) is 0 Å². The summed E-state index contributed by atoms with van der Waals surface area (Å²) in [6.45, 7) is 1.71. The maximum Gasteiger partial charge on any atom is 0.328 e. The van der Waals surface area contributed by atoms with Crippen LogP contribution in [0.2, 0.25) is 0 Å². The van der Waals surface area contributed by atoms with Gasteiger partial charge in [-0.25, -0.2) is 14.2 Å². The van der Waals surface area contributed by atoms with Gasteiger partial charge in [0.1, 0.15) is 11.6 Å². The van der Waals surface area contributed by atoms with Gasteiger partial charge in [-0.1, -0.05) is 12.1 Å². The molecule has 1 saturated heterocycles. The molecule has 2 aromatic rings. The monoisotopic (exact) mass is 341 g/mol. The smallest absolute Gasteiger partial charge is 0.328 e. The number of halogens is 1. The largest absolute Gasteiger partial charge is 0.478 e. The molecular formula is C19H20FN3O2. The molecule has 0 spiro atoms. The highest BCUT2D eigenvalue weighted by Crippen LogP contribution is 2.25. The summed E-state index contributed by atoms with van der Waals surface area (Å²) >= 11 is 0. The number of carbonyl (C=O) groups is 1. The summed E-state index contributed by atoms with van der Waals surface area (Å²) in [6.07, 6.45) is 5.93. The number of nitrogens with zero attached hydrogens (tertiary/aromatic N) is 1. The Morgan fingerprint density at radius 1 is 1.32 bits per heavy atom. The standard InChI is InChI=1S/C19H20FN3O2/c20-16-5-1-14(2-6-16)11-19(9-10-21-13-19)23-17-7-3-15(12-22-17)4-8-18(24)25/h1-8,12,21H,9-11,13H2,(H,22,23)(H,24,25)/b8-4+/t19-/m0/s1. The van der Waals surface area contributed by atoms with E-state index in [2.05, 4.69) is 15.6 Å². The van der Waals surface area contributed by atoms with Crippen LogP contribution in [-0.2, 0) is 11.2 Å². The number of pyridine rings is 1. The lowest BCUT2D eigenvalue weighted by Crippen LogP contribution is -2.43. The molecule has 0 aliphatic carbocycles. The van der Waals surface area contributed by atoms with E-state index in [-0.39, 0.29) is 11.4 Å². The van der Waals surface area contributed by atoms with Gasteiger partial charge in [0.25, 0.3) is 0 Å². The Labute approximate surface area is 145 Å². The van der Waals surface area contributed by atoms with Crippen LogP contribution in [0.15, 0.2) is 48.7 Å². The maximum atomic E-state index is 13.1.